The number of carbonyl (C=O) groups excluding carboxylic acids is 2. The standard InChI is InChI=1S/C20H31N5O2/c1-11-7-12(10-23-24-22)9-13(8-11)25-19(26)15-4-2-3-14-17(21)6-5-16(18(14)15)20(25)27/h11-18H,2-10,21H2,1H3. The molecule has 0 bridgehead atoms. The molecule has 4 fully saturated rings. The first-order chi connectivity index (χ1) is 13.0. The summed E-state index contributed by atoms with van der Waals surface area (Å²) in [5.74, 6) is 1.26. The molecule has 0 aromatic heterocycles. The van der Waals surface area contributed by atoms with Gasteiger partial charge in [-0.3, -0.25) is 14.5 Å². The summed E-state index contributed by atoms with van der Waals surface area (Å²) in [7, 11) is 0. The number of likely N-dealkylation sites (tertiary alicyclic amines) is 1. The summed E-state index contributed by atoms with van der Waals surface area (Å²) in [6.07, 6.45) is 7.37. The van der Waals surface area contributed by atoms with Crippen molar-refractivity contribution in [2.24, 2.45) is 46.4 Å². The Morgan fingerprint density at radius 2 is 1.85 bits per heavy atom. The van der Waals surface area contributed by atoms with Gasteiger partial charge in [0.1, 0.15) is 0 Å². The number of carbonyl (C=O) groups is 2. The quantitative estimate of drug-likeness (QED) is 0.354. The molecule has 3 saturated carbocycles. The van der Waals surface area contributed by atoms with E-state index in [9.17, 15) is 9.59 Å². The first kappa shape index (κ1) is 18.8. The molecule has 3 aliphatic carbocycles. The number of hydrogen-bond acceptors (Lipinski definition) is 4. The van der Waals surface area contributed by atoms with E-state index in [4.69, 9.17) is 11.3 Å². The molecular formula is C20H31N5O2. The summed E-state index contributed by atoms with van der Waals surface area (Å²) < 4.78 is 0. The predicted molar refractivity (Wildman–Crippen MR) is 101 cm³/mol. The molecule has 1 heterocycles. The zero-order chi connectivity index (χ0) is 19.1. The molecule has 148 valence electrons. The summed E-state index contributed by atoms with van der Waals surface area (Å²) in [6.45, 7) is 2.63. The van der Waals surface area contributed by atoms with E-state index in [2.05, 4.69) is 16.9 Å². The fourth-order valence-electron chi connectivity index (χ4n) is 6.73. The fourth-order valence-corrected chi connectivity index (χ4v) is 6.73. The van der Waals surface area contributed by atoms with Crippen molar-refractivity contribution in [3.63, 3.8) is 0 Å². The van der Waals surface area contributed by atoms with Crippen LogP contribution in [0.3, 0.4) is 0 Å². The lowest BCUT2D eigenvalue weighted by Gasteiger charge is -2.54. The molecule has 0 radical (unpaired) electrons. The average molecular weight is 374 g/mol. The summed E-state index contributed by atoms with van der Waals surface area (Å²) >= 11 is 0. The molecule has 0 aromatic rings. The SMILES string of the molecule is CC1CC(CN=[N+]=[N-])CC(N2C(=O)C3CCCC4C(N)CCC(C2=O)C34)C1. The number of piperidine rings is 1. The molecule has 0 spiro atoms. The Labute approximate surface area is 160 Å². The molecule has 27 heavy (non-hydrogen) atoms. The number of amides is 2. The van der Waals surface area contributed by atoms with Gasteiger partial charge in [0.2, 0.25) is 11.8 Å². The van der Waals surface area contributed by atoms with Gasteiger partial charge in [0.05, 0.1) is 0 Å². The maximum absolute atomic E-state index is 13.4. The fraction of sp³-hybridized carbons (Fsp3) is 0.900. The zero-order valence-electron chi connectivity index (χ0n) is 16.2. The van der Waals surface area contributed by atoms with E-state index in [1.165, 1.54) is 0 Å². The number of azide groups is 1. The lowest BCUT2D eigenvalue weighted by atomic mass is 9.57. The molecule has 8 unspecified atom stereocenters. The van der Waals surface area contributed by atoms with Gasteiger partial charge in [-0.05, 0) is 74.1 Å². The molecule has 7 nitrogen and oxygen atoms in total. The Morgan fingerprint density at radius 3 is 2.59 bits per heavy atom. The van der Waals surface area contributed by atoms with E-state index >= 15 is 0 Å². The number of imide groups is 1. The lowest BCUT2D eigenvalue weighted by Crippen LogP contribution is -2.63. The van der Waals surface area contributed by atoms with Crippen LogP contribution in [0.2, 0.25) is 0 Å². The van der Waals surface area contributed by atoms with Crippen LogP contribution in [-0.2, 0) is 9.59 Å². The number of nitrogens with two attached hydrogens (primary N) is 1. The Balaban J connectivity index is 1.59. The third-order valence-electron chi connectivity index (χ3n) is 7.73. The van der Waals surface area contributed by atoms with Crippen LogP contribution in [-0.4, -0.2) is 35.3 Å². The maximum Gasteiger partial charge on any atom is 0.232 e. The predicted octanol–water partition coefficient (Wildman–Crippen LogP) is 3.24. The molecule has 8 atom stereocenters. The molecule has 7 heteroatoms. The molecule has 1 saturated heterocycles. The molecule has 4 aliphatic rings. The van der Waals surface area contributed by atoms with E-state index in [1.54, 1.807) is 4.90 Å². The summed E-state index contributed by atoms with van der Waals surface area (Å²) in [5.41, 5.74) is 15.0. The van der Waals surface area contributed by atoms with Gasteiger partial charge >= 0.3 is 0 Å². The molecule has 4 rings (SSSR count). The Bertz CT molecular complexity index is 643. The molecule has 1 aliphatic heterocycles. The van der Waals surface area contributed by atoms with E-state index < -0.39 is 0 Å². The summed E-state index contributed by atoms with van der Waals surface area (Å²) in [4.78, 5) is 31.4. The third-order valence-corrected chi connectivity index (χ3v) is 7.73. The normalized spacial score (nSPS) is 44.4. The van der Waals surface area contributed by atoms with Crippen LogP contribution in [0.5, 0.6) is 0 Å². The van der Waals surface area contributed by atoms with E-state index in [0.717, 1.165) is 51.4 Å². The van der Waals surface area contributed by atoms with Crippen LogP contribution in [0.25, 0.3) is 10.4 Å². The van der Waals surface area contributed by atoms with E-state index in [1.807, 2.05) is 0 Å². The first-order valence-electron chi connectivity index (χ1n) is 10.6. The van der Waals surface area contributed by atoms with Crippen molar-refractivity contribution in [1.29, 1.82) is 0 Å². The van der Waals surface area contributed by atoms with Crippen LogP contribution < -0.4 is 5.73 Å². The maximum atomic E-state index is 13.4. The van der Waals surface area contributed by atoms with Crippen LogP contribution in [0.1, 0.15) is 58.3 Å². The van der Waals surface area contributed by atoms with Crippen LogP contribution in [0.4, 0.5) is 0 Å². The van der Waals surface area contributed by atoms with Crippen molar-refractivity contribution in [3.8, 4) is 0 Å². The second-order valence-electron chi connectivity index (χ2n) is 9.42. The van der Waals surface area contributed by atoms with Gasteiger partial charge in [0.15, 0.2) is 0 Å². The Morgan fingerprint density at radius 1 is 1.11 bits per heavy atom. The lowest BCUT2D eigenvalue weighted by molar-refractivity contribution is -0.171. The number of hydrogen-bond donors (Lipinski definition) is 1. The van der Waals surface area contributed by atoms with E-state index in [-0.39, 0.29) is 47.6 Å². The summed E-state index contributed by atoms with van der Waals surface area (Å²) in [5, 5.41) is 3.75. The van der Waals surface area contributed by atoms with Crippen LogP contribution in [0, 0.1) is 35.5 Å². The minimum atomic E-state index is -0.0374. The van der Waals surface area contributed by atoms with Gasteiger partial charge in [-0.2, -0.15) is 0 Å². The van der Waals surface area contributed by atoms with Crippen LogP contribution in [0.15, 0.2) is 5.11 Å². The van der Waals surface area contributed by atoms with Crippen molar-refractivity contribution in [2.45, 2.75) is 70.4 Å². The number of nitrogens with zero attached hydrogens (tertiary/aromatic N) is 4. The van der Waals surface area contributed by atoms with Gasteiger partial charge in [0, 0.05) is 35.4 Å². The summed E-state index contributed by atoms with van der Waals surface area (Å²) in [6, 6.07) is 0.105. The van der Waals surface area contributed by atoms with Gasteiger partial charge < -0.3 is 5.73 Å². The van der Waals surface area contributed by atoms with Gasteiger partial charge in [-0.15, -0.1) is 0 Å². The van der Waals surface area contributed by atoms with Crippen molar-refractivity contribution < 1.29 is 9.59 Å². The second kappa shape index (κ2) is 7.44. The topological polar surface area (TPSA) is 112 Å². The Hall–Kier alpha value is -1.59. The van der Waals surface area contributed by atoms with Gasteiger partial charge in [-0.25, -0.2) is 0 Å². The highest BCUT2D eigenvalue weighted by Crippen LogP contribution is 2.51. The highest BCUT2D eigenvalue weighted by Gasteiger charge is 2.56. The molecule has 0 aromatic carbocycles. The van der Waals surface area contributed by atoms with Crippen LogP contribution >= 0.6 is 0 Å². The van der Waals surface area contributed by atoms with Crippen molar-refractivity contribution in [1.82, 2.24) is 4.90 Å². The van der Waals surface area contributed by atoms with Crippen molar-refractivity contribution >= 4 is 11.8 Å². The molecular weight excluding hydrogens is 342 g/mol. The highest BCUT2D eigenvalue weighted by molar-refractivity contribution is 6.01. The van der Waals surface area contributed by atoms with Gasteiger partial charge in [-0.1, -0.05) is 18.5 Å². The minimum absolute atomic E-state index is 0.0226. The number of rotatable bonds is 3. The first-order valence-corrected chi connectivity index (χ1v) is 10.6. The molecule has 2 amide bonds. The Kier molecular flexibility index (Phi) is 5.17. The van der Waals surface area contributed by atoms with Crippen molar-refractivity contribution in [2.75, 3.05) is 6.54 Å². The largest absolute Gasteiger partial charge is 0.327 e. The van der Waals surface area contributed by atoms with E-state index in [0.29, 0.717) is 18.4 Å². The van der Waals surface area contributed by atoms with Gasteiger partial charge in [0.25, 0.3) is 0 Å². The third kappa shape index (κ3) is 3.25. The molecule has 2 N–H and O–H groups in total. The highest BCUT2D eigenvalue weighted by atomic mass is 16.2. The second-order valence-corrected chi connectivity index (χ2v) is 9.42. The van der Waals surface area contributed by atoms with Crippen molar-refractivity contribution in [3.05, 3.63) is 10.4 Å². The smallest absolute Gasteiger partial charge is 0.232 e. The average Bonchev–Trinajstić information content (AvgIpc) is 2.65. The minimum Gasteiger partial charge on any atom is -0.327 e. The monoisotopic (exact) mass is 373 g/mol. The zero-order valence-corrected chi connectivity index (χ0v) is 16.2.